The first-order chi connectivity index (χ1) is 18.3. The number of hydrogen-bond donors (Lipinski definition) is 0. The molecule has 1 saturated heterocycles. The largest absolute Gasteiger partial charge is 0.349 e. The molecule has 0 bridgehead atoms. The molecule has 192 valence electrons. The summed E-state index contributed by atoms with van der Waals surface area (Å²) in [5, 5.41) is 10.0. The maximum absolute atomic E-state index is 15.1. The number of aromatic nitrogens is 4. The number of piperazine rings is 1. The number of benzene rings is 1. The summed E-state index contributed by atoms with van der Waals surface area (Å²) in [5.74, 6) is 0.229. The summed E-state index contributed by atoms with van der Waals surface area (Å²) in [5.41, 5.74) is 0.180. The first-order valence-electron chi connectivity index (χ1n) is 12.5. The molecule has 2 fully saturated rings. The molecule has 1 aliphatic carbocycles. The highest BCUT2D eigenvalue weighted by Crippen LogP contribution is 2.43. The van der Waals surface area contributed by atoms with Crippen molar-refractivity contribution in [3.63, 3.8) is 0 Å². The zero-order chi connectivity index (χ0) is 26.6. The number of amides is 1. The van der Waals surface area contributed by atoms with Gasteiger partial charge in [0.1, 0.15) is 23.8 Å². The van der Waals surface area contributed by atoms with E-state index in [2.05, 4.69) is 25.9 Å². The van der Waals surface area contributed by atoms with Gasteiger partial charge in [0.25, 0.3) is 5.91 Å². The van der Waals surface area contributed by atoms with Crippen molar-refractivity contribution in [1.29, 1.82) is 5.26 Å². The molecular formula is C28H25F2N7O. The summed E-state index contributed by atoms with van der Waals surface area (Å²) in [6.07, 6.45) is 5.31. The third-order valence-corrected chi connectivity index (χ3v) is 7.44. The van der Waals surface area contributed by atoms with Crippen LogP contribution in [0.15, 0.2) is 55.1 Å². The monoisotopic (exact) mass is 513 g/mol. The van der Waals surface area contributed by atoms with Crippen LogP contribution in [0, 0.1) is 17.1 Å². The van der Waals surface area contributed by atoms with Gasteiger partial charge < -0.3 is 9.80 Å². The lowest BCUT2D eigenvalue weighted by Crippen LogP contribution is -2.60. The predicted molar refractivity (Wildman–Crippen MR) is 138 cm³/mol. The van der Waals surface area contributed by atoms with Gasteiger partial charge in [0.2, 0.25) is 0 Å². The number of nitrogens with zero attached hydrogens (tertiary/aromatic N) is 7. The Balaban J connectivity index is 1.50. The Kier molecular flexibility index (Phi) is 5.60. The molecule has 3 aromatic heterocycles. The van der Waals surface area contributed by atoms with E-state index in [1.54, 1.807) is 52.2 Å². The fourth-order valence-electron chi connectivity index (χ4n) is 5.23. The fourth-order valence-corrected chi connectivity index (χ4v) is 5.23. The number of pyridine rings is 1. The Morgan fingerprint density at radius 3 is 2.61 bits per heavy atom. The average Bonchev–Trinajstić information content (AvgIpc) is 3.57. The number of alkyl halides is 1. The number of anilines is 1. The lowest BCUT2D eigenvalue weighted by molar-refractivity contribution is -0.141. The molecule has 1 aromatic carbocycles. The maximum Gasteiger partial charge on any atom is 0.260 e. The number of rotatable bonds is 4. The highest BCUT2D eigenvalue weighted by molar-refractivity contribution is 6.02. The van der Waals surface area contributed by atoms with Crippen molar-refractivity contribution in [3.8, 4) is 23.0 Å². The molecular weight excluding hydrogens is 488 g/mol. The van der Waals surface area contributed by atoms with E-state index in [1.807, 2.05) is 13.8 Å². The van der Waals surface area contributed by atoms with Crippen molar-refractivity contribution < 1.29 is 13.6 Å². The number of halogens is 2. The topological polar surface area (TPSA) is 90.9 Å². The third-order valence-electron chi connectivity index (χ3n) is 7.44. The lowest BCUT2D eigenvalue weighted by atomic mass is 10.0. The van der Waals surface area contributed by atoms with Crippen LogP contribution in [0.25, 0.3) is 28.0 Å². The number of fused-ring (bicyclic) bond motifs is 1. The van der Waals surface area contributed by atoms with E-state index < -0.39 is 17.4 Å². The Morgan fingerprint density at radius 1 is 1.08 bits per heavy atom. The molecule has 1 amide bonds. The second-order valence-corrected chi connectivity index (χ2v) is 10.1. The van der Waals surface area contributed by atoms with Crippen molar-refractivity contribution in [2.75, 3.05) is 18.0 Å². The van der Waals surface area contributed by atoms with Gasteiger partial charge in [-0.2, -0.15) is 5.26 Å². The Hall–Kier alpha value is -4.39. The van der Waals surface area contributed by atoms with E-state index in [-0.39, 0.29) is 24.9 Å². The van der Waals surface area contributed by atoms with Gasteiger partial charge in [0.15, 0.2) is 11.3 Å². The van der Waals surface area contributed by atoms with Gasteiger partial charge in [0, 0.05) is 48.7 Å². The van der Waals surface area contributed by atoms with E-state index in [0.29, 0.717) is 52.4 Å². The molecule has 1 saturated carbocycles. The van der Waals surface area contributed by atoms with Crippen LogP contribution in [-0.2, 0) is 4.79 Å². The molecule has 0 unspecified atom stereocenters. The fraction of sp³-hybridized carbons (Fsp3) is 0.321. The van der Waals surface area contributed by atoms with E-state index >= 15 is 4.39 Å². The molecule has 1 aliphatic heterocycles. The van der Waals surface area contributed by atoms with Crippen LogP contribution >= 0.6 is 0 Å². The van der Waals surface area contributed by atoms with Crippen molar-refractivity contribution in [2.45, 2.75) is 44.4 Å². The zero-order valence-electron chi connectivity index (χ0n) is 21.0. The Labute approximate surface area is 218 Å². The number of nitriles is 1. The first kappa shape index (κ1) is 24.0. The standard InChI is InChI=1S/C28H25F2N7O/c1-17-14-36(27(38)28(30)8-9-28)18(2)13-35(17)25-24-21(20-5-3-4-6-22(20)29)15-37(26(24)34-16-33-25)23-11-19(12-31)7-10-32-23/h3-7,10-11,15-18H,8-9,13-14H2,1-2H3/t17-,18+/m0/s1. The summed E-state index contributed by atoms with van der Waals surface area (Å²) in [4.78, 5) is 30.1. The molecule has 6 rings (SSSR count). The lowest BCUT2D eigenvalue weighted by Gasteiger charge is -2.45. The van der Waals surface area contributed by atoms with Gasteiger partial charge >= 0.3 is 0 Å². The van der Waals surface area contributed by atoms with E-state index in [0.717, 1.165) is 0 Å². The normalized spacial score (nSPS) is 20.4. The molecule has 4 aromatic rings. The van der Waals surface area contributed by atoms with Gasteiger partial charge in [0.05, 0.1) is 17.0 Å². The second-order valence-electron chi connectivity index (χ2n) is 10.1. The Morgan fingerprint density at radius 2 is 1.87 bits per heavy atom. The van der Waals surface area contributed by atoms with Gasteiger partial charge in [-0.05, 0) is 44.9 Å². The summed E-state index contributed by atoms with van der Waals surface area (Å²) in [6.45, 7) is 4.65. The van der Waals surface area contributed by atoms with Crippen molar-refractivity contribution >= 4 is 22.8 Å². The van der Waals surface area contributed by atoms with E-state index in [4.69, 9.17) is 0 Å². The van der Waals surface area contributed by atoms with Crippen molar-refractivity contribution in [3.05, 3.63) is 66.5 Å². The highest BCUT2D eigenvalue weighted by atomic mass is 19.1. The van der Waals surface area contributed by atoms with Gasteiger partial charge in [-0.25, -0.2) is 23.7 Å². The van der Waals surface area contributed by atoms with Gasteiger partial charge in [-0.15, -0.1) is 0 Å². The summed E-state index contributed by atoms with van der Waals surface area (Å²) in [7, 11) is 0. The van der Waals surface area contributed by atoms with Crippen molar-refractivity contribution in [1.82, 2.24) is 24.4 Å². The molecule has 0 spiro atoms. The molecule has 38 heavy (non-hydrogen) atoms. The number of hydrogen-bond acceptors (Lipinski definition) is 6. The SMILES string of the molecule is C[C@@H]1CN(c2ncnc3c2c(-c2ccccc2F)cn3-c2cc(C#N)ccn2)[C@@H](C)CN1C(=O)C1(F)CC1. The van der Waals surface area contributed by atoms with Crippen LogP contribution < -0.4 is 4.90 Å². The molecule has 2 aliphatic rings. The van der Waals surface area contributed by atoms with Crippen LogP contribution in [0.4, 0.5) is 14.6 Å². The highest BCUT2D eigenvalue weighted by Gasteiger charge is 2.54. The molecule has 2 atom stereocenters. The smallest absolute Gasteiger partial charge is 0.260 e. The minimum absolute atomic E-state index is 0.174. The maximum atomic E-state index is 15.1. The van der Waals surface area contributed by atoms with Crippen molar-refractivity contribution in [2.24, 2.45) is 0 Å². The molecule has 0 N–H and O–H groups in total. The Bertz CT molecular complexity index is 1610. The number of carbonyl (C=O) groups is 1. The van der Waals surface area contributed by atoms with Gasteiger partial charge in [-0.3, -0.25) is 9.36 Å². The van der Waals surface area contributed by atoms with Crippen LogP contribution in [0.5, 0.6) is 0 Å². The second kappa shape index (κ2) is 8.87. The minimum Gasteiger partial charge on any atom is -0.349 e. The molecule has 8 nitrogen and oxygen atoms in total. The number of carbonyl (C=O) groups excluding carboxylic acids is 1. The van der Waals surface area contributed by atoms with Gasteiger partial charge in [-0.1, -0.05) is 18.2 Å². The minimum atomic E-state index is -1.72. The van der Waals surface area contributed by atoms with E-state index in [9.17, 15) is 14.4 Å². The summed E-state index contributed by atoms with van der Waals surface area (Å²) >= 11 is 0. The van der Waals surface area contributed by atoms with E-state index in [1.165, 1.54) is 12.4 Å². The van der Waals surface area contributed by atoms with Crippen LogP contribution in [0.2, 0.25) is 0 Å². The quantitative estimate of drug-likeness (QED) is 0.401. The first-order valence-corrected chi connectivity index (χ1v) is 12.5. The van der Waals surface area contributed by atoms with Crippen LogP contribution in [-0.4, -0.2) is 61.2 Å². The molecule has 4 heterocycles. The third kappa shape index (κ3) is 3.86. The summed E-state index contributed by atoms with van der Waals surface area (Å²) in [6, 6.07) is 11.4. The van der Waals surface area contributed by atoms with Crippen LogP contribution in [0.3, 0.4) is 0 Å². The predicted octanol–water partition coefficient (Wildman–Crippen LogP) is 4.42. The molecule has 10 heteroatoms. The zero-order valence-corrected chi connectivity index (χ0v) is 21.0. The average molecular weight is 514 g/mol. The summed E-state index contributed by atoms with van der Waals surface area (Å²) < 4.78 is 31.4. The molecule has 0 radical (unpaired) electrons. The van der Waals surface area contributed by atoms with Crippen LogP contribution in [0.1, 0.15) is 32.3 Å².